The van der Waals surface area contributed by atoms with E-state index >= 15 is 0 Å². The number of hydrogen-bond donors (Lipinski definition) is 10. The Morgan fingerprint density at radius 2 is 1.90 bits per heavy atom. The van der Waals surface area contributed by atoms with E-state index in [1.54, 1.807) is 25.1 Å². The number of rotatable bonds is 14. The largest absolute Gasteiger partial charge is 0.504 e. The van der Waals surface area contributed by atoms with Gasteiger partial charge in [0.05, 0.1) is 30.7 Å². The van der Waals surface area contributed by atoms with Crippen molar-refractivity contribution in [1.82, 2.24) is 15.6 Å². The predicted octanol–water partition coefficient (Wildman–Crippen LogP) is 2.95. The molecule has 0 amide bonds. The van der Waals surface area contributed by atoms with Crippen LogP contribution in [0.5, 0.6) is 11.5 Å². The van der Waals surface area contributed by atoms with Gasteiger partial charge in [0.2, 0.25) is 0 Å². The molecule has 1 aromatic heterocycles. The first-order valence-corrected chi connectivity index (χ1v) is 18.8. The highest BCUT2D eigenvalue weighted by molar-refractivity contribution is 5.44. The zero-order valence-electron chi connectivity index (χ0n) is 30.4. The lowest BCUT2D eigenvalue weighted by Crippen LogP contribution is -2.40. The van der Waals surface area contributed by atoms with E-state index in [2.05, 4.69) is 40.5 Å². The zero-order valence-corrected chi connectivity index (χ0v) is 30.4. The molecule has 0 radical (unpaired) electrons. The fraction of sp³-hybridized carbons (Fsp3) is 0.561. The third kappa shape index (κ3) is 10.7. The van der Waals surface area contributed by atoms with Crippen LogP contribution in [0.15, 0.2) is 72.2 Å². The van der Waals surface area contributed by atoms with Crippen molar-refractivity contribution in [3.8, 4) is 23.3 Å². The highest BCUT2D eigenvalue weighted by Gasteiger charge is 2.37. The minimum Gasteiger partial charge on any atom is -0.504 e. The average molecular weight is 719 g/mol. The summed E-state index contributed by atoms with van der Waals surface area (Å²) in [5.41, 5.74) is 8.89. The van der Waals surface area contributed by atoms with Crippen LogP contribution in [0, 0.1) is 35.5 Å². The molecule has 0 bridgehead atoms. The summed E-state index contributed by atoms with van der Waals surface area (Å²) in [6, 6.07) is 9.09. The Morgan fingerprint density at radius 1 is 1.08 bits per heavy atom. The van der Waals surface area contributed by atoms with Gasteiger partial charge < -0.3 is 56.7 Å². The van der Waals surface area contributed by atoms with Gasteiger partial charge in [-0.05, 0) is 99.3 Å². The summed E-state index contributed by atoms with van der Waals surface area (Å²) in [6.07, 6.45) is 9.80. The van der Waals surface area contributed by atoms with Gasteiger partial charge in [0, 0.05) is 54.7 Å². The van der Waals surface area contributed by atoms with Crippen molar-refractivity contribution < 1.29 is 35.4 Å². The lowest BCUT2D eigenvalue weighted by atomic mass is 9.78. The van der Waals surface area contributed by atoms with Crippen LogP contribution in [0.25, 0.3) is 0 Å². The van der Waals surface area contributed by atoms with Crippen molar-refractivity contribution in [2.75, 3.05) is 19.7 Å². The van der Waals surface area contributed by atoms with Crippen LogP contribution in [-0.4, -0.2) is 91.9 Å². The second-order valence-electron chi connectivity index (χ2n) is 14.8. The Labute approximate surface area is 307 Å². The molecule has 11 unspecified atom stereocenters. The maximum Gasteiger partial charge on any atom is 0.161 e. The number of ether oxygens (including phenoxy) is 1. The average Bonchev–Trinajstić information content (AvgIpc) is 3.58. The van der Waals surface area contributed by atoms with E-state index in [0.717, 1.165) is 29.7 Å². The van der Waals surface area contributed by atoms with Crippen LogP contribution in [0.4, 0.5) is 0 Å². The molecule has 3 aliphatic rings. The number of allylic oxidation sites excluding steroid dienone is 4. The number of hydrogen-bond acceptors (Lipinski definition) is 10. The van der Waals surface area contributed by atoms with E-state index in [-0.39, 0.29) is 41.2 Å². The second-order valence-corrected chi connectivity index (χ2v) is 14.8. The second kappa shape index (κ2) is 18.8. The number of aromatic nitrogens is 1. The fourth-order valence-corrected chi connectivity index (χ4v) is 7.75. The number of aromatic amines is 1. The van der Waals surface area contributed by atoms with Crippen molar-refractivity contribution in [2.24, 2.45) is 29.4 Å². The highest BCUT2D eigenvalue weighted by Crippen LogP contribution is 2.40. The molecule has 11 heteroatoms. The summed E-state index contributed by atoms with van der Waals surface area (Å²) < 4.78 is 6.36. The van der Waals surface area contributed by atoms with Crippen molar-refractivity contribution in [2.45, 2.75) is 101 Å². The van der Waals surface area contributed by atoms with Crippen molar-refractivity contribution >= 4 is 0 Å². The highest BCUT2D eigenvalue weighted by atomic mass is 16.5. The van der Waals surface area contributed by atoms with Gasteiger partial charge >= 0.3 is 0 Å². The quantitative estimate of drug-likeness (QED) is 0.103. The monoisotopic (exact) mass is 718 g/mol. The van der Waals surface area contributed by atoms with Gasteiger partial charge in [-0.2, -0.15) is 0 Å². The van der Waals surface area contributed by atoms with Crippen LogP contribution in [0.3, 0.4) is 0 Å². The zero-order chi connectivity index (χ0) is 37.2. The minimum atomic E-state index is -1.23. The molecule has 1 aromatic carbocycles. The third-order valence-corrected chi connectivity index (χ3v) is 10.8. The first-order valence-electron chi connectivity index (χ1n) is 18.8. The topological polar surface area (TPSA) is 196 Å². The van der Waals surface area contributed by atoms with Gasteiger partial charge in [-0.15, -0.1) is 0 Å². The summed E-state index contributed by atoms with van der Waals surface area (Å²) in [5.74, 6) is 6.39. The van der Waals surface area contributed by atoms with Crippen molar-refractivity contribution in [3.63, 3.8) is 0 Å². The van der Waals surface area contributed by atoms with E-state index in [1.165, 1.54) is 0 Å². The molecule has 284 valence electrons. The number of phenolic OH excluding ortho intramolecular Hbond substituents is 1. The molecule has 2 aromatic rings. The lowest BCUT2D eigenvalue weighted by molar-refractivity contribution is -0.0106. The van der Waals surface area contributed by atoms with Gasteiger partial charge in [-0.1, -0.05) is 43.1 Å². The Bertz CT molecular complexity index is 1580. The summed E-state index contributed by atoms with van der Waals surface area (Å²) >= 11 is 0. The first-order chi connectivity index (χ1) is 25.0. The summed E-state index contributed by atoms with van der Waals surface area (Å²) in [7, 11) is 0. The molecule has 0 spiro atoms. The molecule has 2 heterocycles. The van der Waals surface area contributed by atoms with Crippen LogP contribution in [-0.2, 0) is 6.42 Å². The number of aromatic hydroxyl groups is 1. The van der Waals surface area contributed by atoms with Crippen LogP contribution in [0.2, 0.25) is 0 Å². The van der Waals surface area contributed by atoms with Gasteiger partial charge in [0.25, 0.3) is 0 Å². The standard InChI is InChI=1S/C41H58N4O7/c1-3-26-6-7-27-8-9-28(19-36(50)41(27)35(49)13-11-33(17-26)45-23-25(2)47)29-10-12-34(48)38(20-29)52-39(37(51)24-46)21-31(18-32-5-4-15-43-32)30-14-16-44-40(42)22-30/h4-5,8-10,12,14-15,20,22,25-28,31,33,35-37,39,41,43-51H,3,11,13,16-19,21,23-24,42H2,1-2H3. The van der Waals surface area contributed by atoms with Crippen LogP contribution < -0.4 is 21.1 Å². The van der Waals surface area contributed by atoms with Crippen LogP contribution >= 0.6 is 0 Å². The molecular formula is C41H58N4O7. The Balaban J connectivity index is 1.37. The molecule has 52 heavy (non-hydrogen) atoms. The first kappa shape index (κ1) is 39.4. The number of H-pyrrole nitrogens is 1. The maximum absolute atomic E-state index is 11.7. The molecule has 0 saturated carbocycles. The number of fused-ring (bicyclic) bond motifs is 1. The predicted molar refractivity (Wildman–Crippen MR) is 201 cm³/mol. The molecule has 11 atom stereocenters. The van der Waals surface area contributed by atoms with E-state index < -0.39 is 43.0 Å². The normalized spacial score (nSPS) is 28.7. The number of aliphatic hydroxyl groups is 5. The van der Waals surface area contributed by atoms with Gasteiger partial charge in [0.1, 0.15) is 12.2 Å². The number of nitrogens with one attached hydrogen (secondary N) is 3. The van der Waals surface area contributed by atoms with E-state index in [0.29, 0.717) is 51.0 Å². The van der Waals surface area contributed by atoms with Crippen molar-refractivity contribution in [1.29, 1.82) is 0 Å². The summed E-state index contributed by atoms with van der Waals surface area (Å²) in [4.78, 5) is 3.25. The molecule has 0 saturated heterocycles. The van der Waals surface area contributed by atoms with E-state index in [4.69, 9.17) is 10.5 Å². The number of dihydropyridines is 1. The maximum atomic E-state index is 11.7. The lowest BCUT2D eigenvalue weighted by Gasteiger charge is -2.32. The van der Waals surface area contributed by atoms with E-state index in [9.17, 15) is 30.6 Å². The summed E-state index contributed by atoms with van der Waals surface area (Å²) in [5, 5.41) is 71.5. The van der Waals surface area contributed by atoms with Gasteiger partial charge in [0.15, 0.2) is 11.5 Å². The Morgan fingerprint density at radius 3 is 2.62 bits per heavy atom. The minimum absolute atomic E-state index is 0.101. The smallest absolute Gasteiger partial charge is 0.161 e. The summed E-state index contributed by atoms with van der Waals surface area (Å²) in [6.45, 7) is 4.38. The fourth-order valence-electron chi connectivity index (χ4n) is 7.75. The molecule has 11 nitrogen and oxygen atoms in total. The number of nitrogens with two attached hydrogens (primary N) is 1. The van der Waals surface area contributed by atoms with Crippen LogP contribution in [0.1, 0.15) is 69.5 Å². The van der Waals surface area contributed by atoms with Crippen molar-refractivity contribution in [3.05, 3.63) is 83.5 Å². The SMILES string of the molecule is CCC1C#CC2C=CC(c3ccc(O)c(OC(CC(Cc4ccc[nH]4)C4=CCNC(N)=C4)C(O)CO)c3)CC(O)C2C(O)CCC(NCC(C)O)C1. The molecule has 1 aliphatic heterocycles. The Kier molecular flexibility index (Phi) is 14.3. The molecule has 2 aliphatic carbocycles. The number of benzene rings is 1. The Hall–Kier alpha value is -3.76. The molecule has 11 N–H and O–H groups in total. The van der Waals surface area contributed by atoms with E-state index in [1.807, 2.05) is 36.6 Å². The molecular weight excluding hydrogens is 660 g/mol. The number of aliphatic hydroxyl groups excluding tert-OH is 5. The molecule has 0 fully saturated rings. The van der Waals surface area contributed by atoms with Gasteiger partial charge in [-0.25, -0.2) is 0 Å². The van der Waals surface area contributed by atoms with Gasteiger partial charge in [-0.3, -0.25) is 0 Å². The molecule has 5 rings (SSSR count). The third-order valence-electron chi connectivity index (χ3n) is 10.8. The number of phenols is 1.